The third kappa shape index (κ3) is 50.3. The van der Waals surface area contributed by atoms with Crippen LogP contribution in [0.15, 0.2) is 109 Å². The van der Waals surface area contributed by atoms with Gasteiger partial charge in [-0.15, -0.1) is 0 Å². The molecule has 0 aromatic carbocycles. The van der Waals surface area contributed by atoms with Gasteiger partial charge in [-0.1, -0.05) is 194 Å². The van der Waals surface area contributed by atoms with Gasteiger partial charge in [0.1, 0.15) is 12.1 Å². The molecule has 3 atom stereocenters. The number of allylic oxidation sites excluding steroid dienone is 18. The van der Waals surface area contributed by atoms with Crippen LogP contribution in [0.5, 0.6) is 0 Å². The molecule has 11 heteroatoms. The van der Waals surface area contributed by atoms with E-state index in [0.29, 0.717) is 13.0 Å². The van der Waals surface area contributed by atoms with Crippen molar-refractivity contribution in [1.29, 1.82) is 0 Å². The second-order valence-electron chi connectivity index (χ2n) is 16.9. The van der Waals surface area contributed by atoms with E-state index in [2.05, 4.69) is 123 Å². The molecule has 0 amide bonds. The number of carboxylic acids is 1. The normalized spacial score (nSPS) is 14.6. The number of rotatable bonds is 48. The van der Waals surface area contributed by atoms with Gasteiger partial charge < -0.3 is 25.2 Å². The average molecular weight is 956 g/mol. The molecule has 0 aromatic heterocycles. The fraction of sp³-hybridized carbons (Fsp3) is 0.643. The molecule has 3 unspecified atom stereocenters. The first-order chi connectivity index (χ1) is 32.7. The number of unbranched alkanes of at least 4 members (excludes halogenated alkanes) is 16. The SMILES string of the molecule is CC/C=C\C/C=C\C/C=C\C/C=C\C/C=C\C/C=C\CCCCC(=O)OC(COCCCCCCCCCCC/C=C\C/C=C\C/C=C\CCCCCCC)COP(=O)(O)OCC(N)C(=O)O. The fourth-order valence-corrected chi connectivity index (χ4v) is 7.33. The number of carboxylic acid groups (broad SMARTS) is 1. The lowest BCUT2D eigenvalue weighted by Crippen LogP contribution is -2.34. The summed E-state index contributed by atoms with van der Waals surface area (Å²) in [4.78, 5) is 33.7. The highest BCUT2D eigenvalue weighted by molar-refractivity contribution is 7.47. The number of nitrogens with two attached hydrogens (primary N) is 1. The minimum absolute atomic E-state index is 0.0121. The Morgan fingerprint density at radius 1 is 0.493 bits per heavy atom. The molecule has 0 rings (SSSR count). The van der Waals surface area contributed by atoms with Gasteiger partial charge in [-0.2, -0.15) is 0 Å². The van der Waals surface area contributed by atoms with Crippen molar-refractivity contribution in [3.8, 4) is 0 Å². The van der Waals surface area contributed by atoms with Gasteiger partial charge in [0.15, 0.2) is 0 Å². The average Bonchev–Trinajstić information content (AvgIpc) is 3.31. The molecule has 4 N–H and O–H groups in total. The highest BCUT2D eigenvalue weighted by atomic mass is 31.2. The lowest BCUT2D eigenvalue weighted by atomic mass is 10.1. The molecular formula is C56H94NO9P. The molecule has 0 aromatic rings. The molecule has 0 bridgehead atoms. The second-order valence-corrected chi connectivity index (χ2v) is 18.4. The van der Waals surface area contributed by atoms with E-state index >= 15 is 0 Å². The predicted octanol–water partition coefficient (Wildman–Crippen LogP) is 15.4. The van der Waals surface area contributed by atoms with Crippen LogP contribution >= 0.6 is 7.82 Å². The lowest BCUT2D eigenvalue weighted by Gasteiger charge is -2.20. The molecule has 0 aliphatic rings. The highest BCUT2D eigenvalue weighted by Crippen LogP contribution is 2.43. The number of phosphoric ester groups is 1. The zero-order chi connectivity index (χ0) is 49.0. The van der Waals surface area contributed by atoms with Crippen LogP contribution in [-0.2, 0) is 32.7 Å². The number of hydrogen-bond donors (Lipinski definition) is 3. The fourth-order valence-electron chi connectivity index (χ4n) is 6.55. The van der Waals surface area contributed by atoms with Crippen LogP contribution in [0.4, 0.5) is 0 Å². The molecule has 0 saturated carbocycles. The quantitative estimate of drug-likeness (QED) is 0.0232. The molecule has 382 valence electrons. The minimum atomic E-state index is -4.65. The van der Waals surface area contributed by atoms with Gasteiger partial charge in [0, 0.05) is 13.0 Å². The van der Waals surface area contributed by atoms with E-state index in [1.807, 2.05) is 0 Å². The summed E-state index contributed by atoms with van der Waals surface area (Å²) in [5, 5.41) is 8.93. The Morgan fingerprint density at radius 2 is 0.866 bits per heavy atom. The number of phosphoric acid groups is 1. The first-order valence-electron chi connectivity index (χ1n) is 25.9. The summed E-state index contributed by atoms with van der Waals surface area (Å²) in [6.07, 6.45) is 68.6. The predicted molar refractivity (Wildman–Crippen MR) is 281 cm³/mol. The van der Waals surface area contributed by atoms with Gasteiger partial charge in [-0.3, -0.25) is 18.6 Å². The van der Waals surface area contributed by atoms with E-state index in [9.17, 15) is 19.0 Å². The monoisotopic (exact) mass is 956 g/mol. The molecular weight excluding hydrogens is 862 g/mol. The van der Waals surface area contributed by atoms with Crippen molar-refractivity contribution in [1.82, 2.24) is 0 Å². The summed E-state index contributed by atoms with van der Waals surface area (Å²) < 4.78 is 33.5. The maximum Gasteiger partial charge on any atom is 0.472 e. The van der Waals surface area contributed by atoms with Crippen molar-refractivity contribution >= 4 is 19.8 Å². The molecule has 0 aliphatic heterocycles. The molecule has 67 heavy (non-hydrogen) atoms. The number of carbonyl (C=O) groups excluding carboxylic acids is 1. The zero-order valence-electron chi connectivity index (χ0n) is 42.0. The number of aliphatic carboxylic acids is 1. The molecule has 0 saturated heterocycles. The van der Waals surface area contributed by atoms with E-state index in [0.717, 1.165) is 89.9 Å². The van der Waals surface area contributed by atoms with Crippen molar-refractivity contribution in [3.05, 3.63) is 109 Å². The largest absolute Gasteiger partial charge is 0.480 e. The van der Waals surface area contributed by atoms with Gasteiger partial charge in [0.05, 0.1) is 19.8 Å². The smallest absolute Gasteiger partial charge is 0.472 e. The van der Waals surface area contributed by atoms with Crippen LogP contribution in [0, 0.1) is 0 Å². The van der Waals surface area contributed by atoms with Crippen LogP contribution in [0.1, 0.15) is 194 Å². The summed E-state index contributed by atoms with van der Waals surface area (Å²) in [5.74, 6) is -1.83. The maximum atomic E-state index is 12.7. The van der Waals surface area contributed by atoms with E-state index in [-0.39, 0.29) is 13.0 Å². The van der Waals surface area contributed by atoms with Crippen molar-refractivity contribution < 1.29 is 42.7 Å². The van der Waals surface area contributed by atoms with Crippen LogP contribution in [0.25, 0.3) is 0 Å². The molecule has 0 radical (unpaired) electrons. The molecule has 0 heterocycles. The van der Waals surface area contributed by atoms with Gasteiger partial charge in [0.25, 0.3) is 0 Å². The van der Waals surface area contributed by atoms with Crippen molar-refractivity contribution in [3.63, 3.8) is 0 Å². The van der Waals surface area contributed by atoms with Gasteiger partial charge in [0.2, 0.25) is 0 Å². The summed E-state index contributed by atoms with van der Waals surface area (Å²) in [7, 11) is -4.65. The van der Waals surface area contributed by atoms with E-state index in [1.54, 1.807) is 0 Å². The maximum absolute atomic E-state index is 12.7. The van der Waals surface area contributed by atoms with E-state index in [1.165, 1.54) is 77.0 Å². The summed E-state index contributed by atoms with van der Waals surface area (Å²) >= 11 is 0. The van der Waals surface area contributed by atoms with E-state index in [4.69, 9.17) is 29.4 Å². The Bertz CT molecular complexity index is 1480. The Balaban J connectivity index is 4.26. The highest BCUT2D eigenvalue weighted by Gasteiger charge is 2.27. The standard InChI is InChI=1S/C56H94NO9P/c1-3-5-7-9-11-13-15-17-19-21-23-25-26-27-29-31-33-35-37-39-41-43-45-47-49-63-50-53(51-64-67(61,62)65-52-54(57)56(59)60)66-55(58)48-46-44-42-40-38-36-34-32-30-28-24-22-20-18-16-14-12-10-8-6-4-2/h6,8,12,14-15,17-18,20-21,23-24,26-28,32,34,38,40,53-54H,3-5,7,9-11,13,16,19,22,25,29-31,33,35-37,39,41-52,57H2,1-2H3,(H,59,60)(H,61,62)/b8-6-,14-12-,17-15-,20-18-,23-21-,27-26-,28-24-,34-32-,40-38-. The van der Waals surface area contributed by atoms with Crippen molar-refractivity contribution in [2.75, 3.05) is 26.4 Å². The van der Waals surface area contributed by atoms with Crippen LogP contribution in [0.2, 0.25) is 0 Å². The molecule has 0 aliphatic carbocycles. The Hall–Kier alpha value is -3.37. The van der Waals surface area contributed by atoms with Crippen molar-refractivity contribution in [2.45, 2.75) is 206 Å². The van der Waals surface area contributed by atoms with Gasteiger partial charge >= 0.3 is 19.8 Å². The van der Waals surface area contributed by atoms with E-state index < -0.39 is 45.1 Å². The molecule has 10 nitrogen and oxygen atoms in total. The first kappa shape index (κ1) is 63.6. The van der Waals surface area contributed by atoms with Crippen molar-refractivity contribution in [2.24, 2.45) is 5.73 Å². The van der Waals surface area contributed by atoms with Gasteiger partial charge in [-0.25, -0.2) is 4.57 Å². The van der Waals surface area contributed by atoms with Crippen LogP contribution in [-0.4, -0.2) is 60.5 Å². The van der Waals surface area contributed by atoms with Gasteiger partial charge in [-0.05, 0) is 103 Å². The third-order valence-electron chi connectivity index (χ3n) is 10.5. The molecule has 0 fully saturated rings. The topological polar surface area (TPSA) is 155 Å². The number of carbonyl (C=O) groups is 2. The Kier molecular flexibility index (Phi) is 48.0. The first-order valence-corrected chi connectivity index (χ1v) is 27.4. The molecule has 0 spiro atoms. The summed E-state index contributed by atoms with van der Waals surface area (Å²) in [6.45, 7) is 3.68. The number of hydrogen-bond acceptors (Lipinski definition) is 8. The Labute approximate surface area is 408 Å². The Morgan fingerprint density at radius 3 is 1.30 bits per heavy atom. The third-order valence-corrected chi connectivity index (χ3v) is 11.5. The second kappa shape index (κ2) is 50.5. The summed E-state index contributed by atoms with van der Waals surface area (Å²) in [5.41, 5.74) is 5.37. The van der Waals surface area contributed by atoms with Crippen LogP contribution in [0.3, 0.4) is 0 Å². The zero-order valence-corrected chi connectivity index (χ0v) is 42.8. The summed E-state index contributed by atoms with van der Waals surface area (Å²) in [6, 6.07) is -1.49. The minimum Gasteiger partial charge on any atom is -0.480 e. The number of ether oxygens (including phenoxy) is 2. The lowest BCUT2D eigenvalue weighted by molar-refractivity contribution is -0.154. The number of esters is 1. The van der Waals surface area contributed by atoms with Crippen LogP contribution < -0.4 is 5.73 Å².